The average molecular weight is 401 g/mol. The molecule has 0 N–H and O–H groups in total. The van der Waals surface area contributed by atoms with Gasteiger partial charge in [-0.3, -0.25) is 14.2 Å². The Morgan fingerprint density at radius 1 is 1.32 bits per heavy atom. The number of carbonyl (C=O) groups is 2. The average Bonchev–Trinajstić information content (AvgIpc) is 3.05. The predicted octanol–water partition coefficient (Wildman–Crippen LogP) is 1.97. The van der Waals surface area contributed by atoms with Crippen LogP contribution in [0.5, 0.6) is 0 Å². The maximum Gasteiger partial charge on any atom is 0.235 e. The minimum absolute atomic E-state index is 0.290. The smallest absolute Gasteiger partial charge is 0.235 e. The van der Waals surface area contributed by atoms with Gasteiger partial charge >= 0.3 is 0 Å². The summed E-state index contributed by atoms with van der Waals surface area (Å²) in [4.78, 5) is 23.7. The molecule has 7 heteroatoms. The number of anilines is 1. The second-order valence-electron chi connectivity index (χ2n) is 5.92. The topological polar surface area (TPSA) is 68.6 Å². The van der Waals surface area contributed by atoms with Gasteiger partial charge in [0.15, 0.2) is 0 Å². The zero-order valence-electron chi connectivity index (χ0n) is 16.5. The fraction of sp³-hybridized carbons (Fsp3) is 0.238. The number of allylic oxidation sites excluding steroid dienone is 1. The Balaban J connectivity index is 2.60. The molecule has 1 aromatic heterocycles. The number of rotatable bonds is 7. The zero-order valence-corrected chi connectivity index (χ0v) is 17.3. The standard InChI is InChI=1S/C21H24N2O4S/c1-6-17-13-21(22(14-24)20(17)12-15(3)27-5)18-8-10-19(11-9-18)23(16(4)25)28(26)7-2/h6,8-14H,3,7H2,1-2,4-5H3/b17-6-,20-12+. The molecule has 1 heterocycles. The Bertz CT molecular complexity index is 1040. The van der Waals surface area contributed by atoms with Crippen molar-refractivity contribution in [2.75, 3.05) is 17.2 Å². The molecule has 1 amide bonds. The number of ether oxygens (including phenoxy) is 1. The van der Waals surface area contributed by atoms with Crippen LogP contribution in [0.4, 0.5) is 5.69 Å². The van der Waals surface area contributed by atoms with Gasteiger partial charge < -0.3 is 4.74 Å². The summed E-state index contributed by atoms with van der Waals surface area (Å²) >= 11 is 0. The summed E-state index contributed by atoms with van der Waals surface area (Å²) < 4.78 is 20.0. The van der Waals surface area contributed by atoms with Crippen molar-refractivity contribution in [1.29, 1.82) is 0 Å². The van der Waals surface area contributed by atoms with E-state index in [4.69, 9.17) is 4.74 Å². The summed E-state index contributed by atoms with van der Waals surface area (Å²) in [5.74, 6) is 0.487. The van der Waals surface area contributed by atoms with Crippen molar-refractivity contribution in [3.05, 3.63) is 53.2 Å². The Kier molecular flexibility index (Phi) is 7.12. The third-order valence-corrected chi connectivity index (χ3v) is 5.59. The van der Waals surface area contributed by atoms with E-state index in [1.54, 1.807) is 37.3 Å². The Morgan fingerprint density at radius 3 is 2.43 bits per heavy atom. The van der Waals surface area contributed by atoms with Crippen LogP contribution in [0.1, 0.15) is 20.8 Å². The molecule has 1 aromatic carbocycles. The molecule has 0 spiro atoms. The molecule has 0 saturated heterocycles. The summed E-state index contributed by atoms with van der Waals surface area (Å²) in [5, 5.41) is 1.53. The molecule has 0 fully saturated rings. The predicted molar refractivity (Wildman–Crippen MR) is 114 cm³/mol. The van der Waals surface area contributed by atoms with Gasteiger partial charge in [0.05, 0.1) is 23.8 Å². The third kappa shape index (κ3) is 4.31. The van der Waals surface area contributed by atoms with Gasteiger partial charge in [0, 0.05) is 18.8 Å². The summed E-state index contributed by atoms with van der Waals surface area (Å²) in [6.07, 6.45) is 4.33. The van der Waals surface area contributed by atoms with E-state index in [1.165, 1.54) is 22.9 Å². The van der Waals surface area contributed by atoms with Crippen molar-refractivity contribution in [3.63, 3.8) is 0 Å². The van der Waals surface area contributed by atoms with E-state index in [0.29, 0.717) is 28.2 Å². The van der Waals surface area contributed by atoms with Crippen LogP contribution >= 0.6 is 0 Å². The van der Waals surface area contributed by atoms with Crippen molar-refractivity contribution in [3.8, 4) is 11.3 Å². The highest BCUT2D eigenvalue weighted by Gasteiger charge is 2.17. The normalized spacial score (nSPS) is 13.3. The lowest BCUT2D eigenvalue weighted by molar-refractivity contribution is -0.115. The van der Waals surface area contributed by atoms with Crippen LogP contribution in [-0.2, 0) is 25.3 Å². The molecule has 0 aliphatic heterocycles. The number of nitrogens with zero attached hydrogens (tertiary/aromatic N) is 2. The van der Waals surface area contributed by atoms with Crippen LogP contribution < -0.4 is 14.9 Å². The molecule has 1 atom stereocenters. The first-order chi connectivity index (χ1) is 13.4. The molecular weight excluding hydrogens is 376 g/mol. The van der Waals surface area contributed by atoms with Crippen LogP contribution in [0, 0.1) is 0 Å². The largest absolute Gasteiger partial charge is 0.497 e. The molecule has 0 bridgehead atoms. The van der Waals surface area contributed by atoms with Gasteiger partial charge in [0.1, 0.15) is 16.7 Å². The molecule has 28 heavy (non-hydrogen) atoms. The lowest BCUT2D eigenvalue weighted by atomic mass is 10.1. The van der Waals surface area contributed by atoms with Crippen LogP contribution in [-0.4, -0.2) is 34.0 Å². The third-order valence-electron chi connectivity index (χ3n) is 4.22. The van der Waals surface area contributed by atoms with Gasteiger partial charge in [-0.15, -0.1) is 0 Å². The quantitative estimate of drug-likeness (QED) is 0.526. The highest BCUT2D eigenvalue weighted by molar-refractivity contribution is 7.87. The monoisotopic (exact) mass is 400 g/mol. The van der Waals surface area contributed by atoms with Crippen LogP contribution in [0.3, 0.4) is 0 Å². The zero-order chi connectivity index (χ0) is 20.8. The minimum atomic E-state index is -1.42. The molecule has 1 unspecified atom stereocenters. The van der Waals surface area contributed by atoms with Crippen LogP contribution in [0.25, 0.3) is 23.4 Å². The molecule has 6 nitrogen and oxygen atoms in total. The summed E-state index contributed by atoms with van der Waals surface area (Å²) in [5.41, 5.74) is 2.02. The van der Waals surface area contributed by atoms with E-state index in [0.717, 1.165) is 17.2 Å². The van der Waals surface area contributed by atoms with Crippen molar-refractivity contribution in [2.45, 2.75) is 20.8 Å². The van der Waals surface area contributed by atoms with Crippen molar-refractivity contribution >= 4 is 41.1 Å². The Morgan fingerprint density at radius 2 is 1.96 bits per heavy atom. The van der Waals surface area contributed by atoms with E-state index >= 15 is 0 Å². The Labute approximate surface area is 167 Å². The number of hydrogen-bond acceptors (Lipinski definition) is 4. The fourth-order valence-corrected chi connectivity index (χ4v) is 3.73. The molecule has 0 aliphatic carbocycles. The van der Waals surface area contributed by atoms with Crippen molar-refractivity contribution in [2.24, 2.45) is 0 Å². The van der Waals surface area contributed by atoms with E-state index < -0.39 is 11.0 Å². The maximum absolute atomic E-state index is 12.2. The van der Waals surface area contributed by atoms with E-state index in [-0.39, 0.29) is 5.91 Å². The molecule has 0 radical (unpaired) electrons. The highest BCUT2D eigenvalue weighted by atomic mass is 32.2. The first-order valence-corrected chi connectivity index (χ1v) is 10.0. The lowest BCUT2D eigenvalue weighted by Gasteiger charge is -2.19. The van der Waals surface area contributed by atoms with E-state index in [9.17, 15) is 13.8 Å². The summed E-state index contributed by atoms with van der Waals surface area (Å²) in [6.45, 7) is 8.81. The first-order valence-electron chi connectivity index (χ1n) is 8.75. The minimum Gasteiger partial charge on any atom is -0.497 e. The lowest BCUT2D eigenvalue weighted by Crippen LogP contribution is -2.31. The van der Waals surface area contributed by atoms with Crippen molar-refractivity contribution < 1.29 is 18.5 Å². The number of benzene rings is 1. The molecule has 0 aliphatic rings. The van der Waals surface area contributed by atoms with Gasteiger partial charge in [0.25, 0.3) is 0 Å². The second kappa shape index (κ2) is 9.32. The number of hydrogen-bond donors (Lipinski definition) is 0. The molecular formula is C21H24N2O4S. The Hall–Kier alpha value is -2.93. The maximum atomic E-state index is 12.2. The molecule has 2 aromatic rings. The number of amides is 1. The van der Waals surface area contributed by atoms with Gasteiger partial charge in [-0.25, -0.2) is 8.51 Å². The van der Waals surface area contributed by atoms with Crippen LogP contribution in [0.2, 0.25) is 0 Å². The van der Waals surface area contributed by atoms with Gasteiger partial charge in [-0.2, -0.15) is 0 Å². The van der Waals surface area contributed by atoms with Crippen molar-refractivity contribution in [1.82, 2.24) is 4.57 Å². The van der Waals surface area contributed by atoms with E-state index in [1.807, 2.05) is 19.1 Å². The van der Waals surface area contributed by atoms with Gasteiger partial charge in [-0.1, -0.05) is 31.7 Å². The highest BCUT2D eigenvalue weighted by Crippen LogP contribution is 2.23. The summed E-state index contributed by atoms with van der Waals surface area (Å²) in [6, 6.07) is 8.92. The fourth-order valence-electron chi connectivity index (χ4n) is 2.83. The van der Waals surface area contributed by atoms with E-state index in [2.05, 4.69) is 6.58 Å². The molecule has 2 rings (SSSR count). The first kappa shape index (κ1) is 21.4. The van der Waals surface area contributed by atoms with Crippen LogP contribution in [0.15, 0.2) is 42.7 Å². The summed E-state index contributed by atoms with van der Waals surface area (Å²) in [7, 11) is 0.0939. The SMILES string of the molecule is C=C(/C=c1\c(=C/C)cc(-c2ccc(N(C(C)=O)S(=O)CC)cc2)n1C=O)OC. The number of carbonyl (C=O) groups excluding carboxylic acids is 2. The van der Waals surface area contributed by atoms with Gasteiger partial charge in [-0.05, 0) is 35.9 Å². The number of methoxy groups -OCH3 is 1. The number of aromatic nitrogens is 1. The molecule has 148 valence electrons. The second-order valence-corrected chi connectivity index (χ2v) is 7.50. The van der Waals surface area contributed by atoms with Gasteiger partial charge in [0.2, 0.25) is 12.3 Å². The molecule has 0 saturated carbocycles.